The lowest BCUT2D eigenvalue weighted by Gasteiger charge is -2.30. The van der Waals surface area contributed by atoms with Crippen molar-refractivity contribution in [3.63, 3.8) is 0 Å². The Morgan fingerprint density at radius 2 is 1.74 bits per heavy atom. The number of carbonyl (C=O) groups is 1. The highest BCUT2D eigenvalue weighted by Gasteiger charge is 2.21. The maximum atomic E-state index is 12.8. The number of nitrogens with one attached hydrogen (secondary N) is 1. The van der Waals surface area contributed by atoms with Crippen molar-refractivity contribution in [1.82, 2.24) is 0 Å². The van der Waals surface area contributed by atoms with E-state index in [4.69, 9.17) is 4.74 Å². The predicted molar refractivity (Wildman–Crippen MR) is 109 cm³/mol. The second-order valence-electron chi connectivity index (χ2n) is 6.33. The Bertz CT molecular complexity index is 923. The van der Waals surface area contributed by atoms with E-state index in [0.717, 1.165) is 42.5 Å². The molecule has 1 aliphatic heterocycles. The third kappa shape index (κ3) is 4.62. The van der Waals surface area contributed by atoms with Crippen molar-refractivity contribution in [2.24, 2.45) is 0 Å². The largest absolute Gasteiger partial charge is 0.465 e. The van der Waals surface area contributed by atoms with Gasteiger partial charge < -0.3 is 9.64 Å². The number of esters is 1. The summed E-state index contributed by atoms with van der Waals surface area (Å²) < 4.78 is 33.9. The molecule has 0 unspecified atom stereocenters. The Balaban J connectivity index is 1.99. The molecule has 0 aliphatic carbocycles. The first-order valence-corrected chi connectivity index (χ1v) is 10.9. The maximum Gasteiger partial charge on any atom is 0.337 e. The summed E-state index contributed by atoms with van der Waals surface area (Å²) in [5, 5.41) is 0. The molecule has 1 aliphatic rings. The van der Waals surface area contributed by atoms with Gasteiger partial charge in [0.15, 0.2) is 0 Å². The number of benzene rings is 2. The van der Waals surface area contributed by atoms with Gasteiger partial charge in [0.05, 0.1) is 28.9 Å². The summed E-state index contributed by atoms with van der Waals surface area (Å²) in [5.74, 6) is -0.510. The van der Waals surface area contributed by atoms with Crippen molar-refractivity contribution in [3.05, 3.63) is 52.5 Å². The minimum absolute atomic E-state index is 0.152. The zero-order chi connectivity index (χ0) is 19.4. The van der Waals surface area contributed by atoms with Crippen LogP contribution >= 0.6 is 15.9 Å². The summed E-state index contributed by atoms with van der Waals surface area (Å²) in [4.78, 5) is 14.2. The van der Waals surface area contributed by atoms with Crippen molar-refractivity contribution in [2.75, 3.05) is 29.8 Å². The highest BCUT2D eigenvalue weighted by atomic mass is 79.9. The minimum atomic E-state index is -3.79. The van der Waals surface area contributed by atoms with Gasteiger partial charge in [-0.25, -0.2) is 13.2 Å². The quantitative estimate of drug-likeness (QED) is 0.692. The first kappa shape index (κ1) is 19.7. The van der Waals surface area contributed by atoms with Gasteiger partial charge in [0.1, 0.15) is 0 Å². The van der Waals surface area contributed by atoms with Crippen molar-refractivity contribution in [1.29, 1.82) is 0 Å². The number of nitrogens with zero attached hydrogens (tertiary/aromatic N) is 1. The van der Waals surface area contributed by atoms with Gasteiger partial charge in [0.25, 0.3) is 10.0 Å². The topological polar surface area (TPSA) is 75.7 Å². The Morgan fingerprint density at radius 1 is 1.07 bits per heavy atom. The van der Waals surface area contributed by atoms with Gasteiger partial charge in [-0.2, -0.15) is 0 Å². The lowest BCUT2D eigenvalue weighted by molar-refractivity contribution is 0.0601. The zero-order valence-corrected chi connectivity index (χ0v) is 17.3. The van der Waals surface area contributed by atoms with Crippen molar-refractivity contribution in [3.8, 4) is 0 Å². The monoisotopic (exact) mass is 452 g/mol. The molecule has 8 heteroatoms. The average molecular weight is 453 g/mol. The molecule has 0 bridgehead atoms. The smallest absolute Gasteiger partial charge is 0.337 e. The van der Waals surface area contributed by atoms with Crippen LogP contribution in [0.3, 0.4) is 0 Å². The molecule has 27 heavy (non-hydrogen) atoms. The van der Waals surface area contributed by atoms with E-state index in [0.29, 0.717) is 11.3 Å². The Kier molecular flexibility index (Phi) is 6.06. The van der Waals surface area contributed by atoms with E-state index >= 15 is 0 Å². The summed E-state index contributed by atoms with van der Waals surface area (Å²) in [6.07, 6.45) is 3.27. The Morgan fingerprint density at radius 3 is 2.37 bits per heavy atom. The van der Waals surface area contributed by atoms with E-state index in [1.165, 1.54) is 25.3 Å². The van der Waals surface area contributed by atoms with E-state index in [1.54, 1.807) is 24.3 Å². The molecule has 0 radical (unpaired) electrons. The normalized spacial score (nSPS) is 14.7. The highest BCUT2D eigenvalue weighted by Crippen LogP contribution is 2.32. The van der Waals surface area contributed by atoms with Crippen LogP contribution < -0.4 is 9.62 Å². The van der Waals surface area contributed by atoms with E-state index in [2.05, 4.69) is 25.6 Å². The summed E-state index contributed by atoms with van der Waals surface area (Å²) >= 11 is 3.30. The van der Waals surface area contributed by atoms with Crippen LogP contribution in [0, 0.1) is 0 Å². The Hall–Kier alpha value is -2.06. The van der Waals surface area contributed by atoms with E-state index in [1.807, 2.05) is 0 Å². The Labute approximate surface area is 167 Å². The molecule has 2 aromatic rings. The molecule has 0 spiro atoms. The number of hydrogen-bond donors (Lipinski definition) is 1. The molecule has 1 heterocycles. The third-order valence-electron chi connectivity index (χ3n) is 4.48. The van der Waals surface area contributed by atoms with Crippen LogP contribution in [-0.4, -0.2) is 34.6 Å². The molecule has 3 rings (SSSR count). The summed E-state index contributed by atoms with van der Waals surface area (Å²) in [6.45, 7) is 1.70. The maximum absolute atomic E-state index is 12.8. The lowest BCUT2D eigenvalue weighted by atomic mass is 10.1. The number of methoxy groups -OCH3 is 1. The molecule has 0 aromatic heterocycles. The third-order valence-corrected chi connectivity index (χ3v) is 6.39. The SMILES string of the molecule is COC(=O)c1ccc(N2CCCCC2)c(NS(=O)(=O)c2ccc(Br)cc2)c1. The number of rotatable bonds is 5. The van der Waals surface area contributed by atoms with E-state index in [9.17, 15) is 13.2 Å². The molecule has 144 valence electrons. The fourth-order valence-corrected chi connectivity index (χ4v) is 4.42. The molecular weight excluding hydrogens is 432 g/mol. The number of hydrogen-bond acceptors (Lipinski definition) is 5. The van der Waals surface area contributed by atoms with Crippen LogP contribution in [-0.2, 0) is 14.8 Å². The van der Waals surface area contributed by atoms with E-state index in [-0.39, 0.29) is 4.90 Å². The molecule has 1 saturated heterocycles. The number of ether oxygens (including phenoxy) is 1. The number of anilines is 2. The number of sulfonamides is 1. The molecule has 2 aromatic carbocycles. The molecule has 0 amide bonds. The predicted octanol–water partition coefficient (Wildman–Crippen LogP) is 4.03. The van der Waals surface area contributed by atoms with Crippen molar-refractivity contribution in [2.45, 2.75) is 24.2 Å². The van der Waals surface area contributed by atoms with Gasteiger partial charge in [0.2, 0.25) is 0 Å². The van der Waals surface area contributed by atoms with Gasteiger partial charge in [0, 0.05) is 17.6 Å². The first-order valence-electron chi connectivity index (χ1n) is 8.66. The van der Waals surface area contributed by atoms with Gasteiger partial charge in [-0.3, -0.25) is 4.72 Å². The van der Waals surface area contributed by atoms with Crippen LogP contribution in [0.25, 0.3) is 0 Å². The van der Waals surface area contributed by atoms with Crippen LogP contribution in [0.15, 0.2) is 51.8 Å². The second-order valence-corrected chi connectivity index (χ2v) is 8.93. The number of halogens is 1. The molecule has 0 atom stereocenters. The molecule has 1 N–H and O–H groups in total. The number of piperidine rings is 1. The highest BCUT2D eigenvalue weighted by molar-refractivity contribution is 9.10. The molecule has 6 nitrogen and oxygen atoms in total. The van der Waals surface area contributed by atoms with Crippen molar-refractivity contribution < 1.29 is 17.9 Å². The van der Waals surface area contributed by atoms with Crippen LogP contribution in [0.5, 0.6) is 0 Å². The average Bonchev–Trinajstić information content (AvgIpc) is 2.68. The fourth-order valence-electron chi connectivity index (χ4n) is 3.09. The zero-order valence-electron chi connectivity index (χ0n) is 14.9. The van der Waals surface area contributed by atoms with Crippen LogP contribution in [0.4, 0.5) is 11.4 Å². The van der Waals surface area contributed by atoms with Gasteiger partial charge >= 0.3 is 5.97 Å². The summed E-state index contributed by atoms with van der Waals surface area (Å²) in [7, 11) is -2.49. The number of carbonyl (C=O) groups excluding carboxylic acids is 1. The van der Waals surface area contributed by atoms with Crippen molar-refractivity contribution >= 4 is 43.3 Å². The molecule has 0 saturated carbocycles. The fraction of sp³-hybridized carbons (Fsp3) is 0.316. The van der Waals surface area contributed by atoms with Crippen LogP contribution in [0.1, 0.15) is 29.6 Å². The summed E-state index contributed by atoms with van der Waals surface area (Å²) in [6, 6.07) is 11.4. The van der Waals surface area contributed by atoms with Crippen LogP contribution in [0.2, 0.25) is 0 Å². The van der Waals surface area contributed by atoms with Gasteiger partial charge in [-0.15, -0.1) is 0 Å². The summed E-state index contributed by atoms with van der Waals surface area (Å²) in [5.41, 5.74) is 1.44. The standard InChI is InChI=1S/C19H21BrN2O4S/c1-26-19(23)14-5-10-18(22-11-3-2-4-12-22)17(13-14)21-27(24,25)16-8-6-15(20)7-9-16/h5-10,13,21H,2-4,11-12H2,1H3. The van der Waals surface area contributed by atoms with Gasteiger partial charge in [-0.1, -0.05) is 15.9 Å². The van der Waals surface area contributed by atoms with E-state index < -0.39 is 16.0 Å². The molecule has 1 fully saturated rings. The molecular formula is C19H21BrN2O4S. The minimum Gasteiger partial charge on any atom is -0.465 e. The lowest BCUT2D eigenvalue weighted by Crippen LogP contribution is -2.30. The second kappa shape index (κ2) is 8.31. The van der Waals surface area contributed by atoms with Gasteiger partial charge in [-0.05, 0) is 61.7 Å². The first-order chi connectivity index (χ1) is 12.9.